The van der Waals surface area contributed by atoms with Crippen LogP contribution in [0.2, 0.25) is 5.02 Å². The Morgan fingerprint density at radius 3 is 2.53 bits per heavy atom. The average molecular weight is 431 g/mol. The Hall–Kier alpha value is -3.19. The standard InChI is InChI=1S/C22H23ClN2O5/c1-13-8-16(9-14(2)20(13)23)29-12-17-10-18(25-30-17)22(26)24-11-15-6-5-7-19(27-3)21(15)28-4/h5-10H,11-12H2,1-4H3,(H,24,26). The molecule has 0 fully saturated rings. The Morgan fingerprint density at radius 1 is 1.13 bits per heavy atom. The van der Waals surface area contributed by atoms with Crippen molar-refractivity contribution in [3.63, 3.8) is 0 Å². The molecule has 0 spiro atoms. The lowest BCUT2D eigenvalue weighted by molar-refractivity contribution is 0.0941. The van der Waals surface area contributed by atoms with Gasteiger partial charge in [-0.15, -0.1) is 0 Å². The highest BCUT2D eigenvalue weighted by Gasteiger charge is 2.15. The summed E-state index contributed by atoms with van der Waals surface area (Å²) in [5.74, 6) is 1.90. The minimum Gasteiger partial charge on any atom is -0.493 e. The summed E-state index contributed by atoms with van der Waals surface area (Å²) in [6, 6.07) is 10.7. The van der Waals surface area contributed by atoms with Crippen LogP contribution in [-0.4, -0.2) is 25.3 Å². The van der Waals surface area contributed by atoms with Gasteiger partial charge in [0, 0.05) is 23.2 Å². The second-order valence-electron chi connectivity index (χ2n) is 6.67. The molecule has 0 bridgehead atoms. The molecule has 3 rings (SSSR count). The first-order valence-electron chi connectivity index (χ1n) is 9.26. The van der Waals surface area contributed by atoms with E-state index < -0.39 is 0 Å². The van der Waals surface area contributed by atoms with Crippen LogP contribution in [-0.2, 0) is 13.2 Å². The summed E-state index contributed by atoms with van der Waals surface area (Å²) in [6.45, 7) is 4.22. The highest BCUT2D eigenvalue weighted by atomic mass is 35.5. The molecule has 3 aromatic rings. The Kier molecular flexibility index (Phi) is 6.84. The van der Waals surface area contributed by atoms with Crippen molar-refractivity contribution in [1.29, 1.82) is 0 Å². The molecule has 1 N–H and O–H groups in total. The second kappa shape index (κ2) is 9.54. The minimum absolute atomic E-state index is 0.143. The summed E-state index contributed by atoms with van der Waals surface area (Å²) < 4.78 is 21.6. The zero-order valence-electron chi connectivity index (χ0n) is 17.2. The van der Waals surface area contributed by atoms with Crippen molar-refractivity contribution in [2.24, 2.45) is 0 Å². The summed E-state index contributed by atoms with van der Waals surface area (Å²) in [4.78, 5) is 12.4. The molecule has 2 aromatic carbocycles. The molecule has 1 aromatic heterocycles. The van der Waals surface area contributed by atoms with Gasteiger partial charge in [0.15, 0.2) is 23.0 Å². The van der Waals surface area contributed by atoms with Crippen LogP contribution in [0.5, 0.6) is 17.2 Å². The maximum absolute atomic E-state index is 12.4. The Bertz CT molecular complexity index is 1020. The van der Waals surface area contributed by atoms with Gasteiger partial charge in [0.1, 0.15) is 12.4 Å². The van der Waals surface area contributed by atoms with Gasteiger partial charge < -0.3 is 24.1 Å². The molecule has 0 saturated heterocycles. The number of hydrogen-bond donors (Lipinski definition) is 1. The third kappa shape index (κ3) is 4.86. The highest BCUT2D eigenvalue weighted by Crippen LogP contribution is 2.30. The van der Waals surface area contributed by atoms with Gasteiger partial charge in [-0.1, -0.05) is 28.9 Å². The van der Waals surface area contributed by atoms with Crippen molar-refractivity contribution in [1.82, 2.24) is 10.5 Å². The predicted molar refractivity (Wildman–Crippen MR) is 112 cm³/mol. The number of carbonyl (C=O) groups excluding carboxylic acids is 1. The van der Waals surface area contributed by atoms with Gasteiger partial charge in [-0.25, -0.2) is 0 Å². The van der Waals surface area contributed by atoms with Crippen LogP contribution in [0, 0.1) is 13.8 Å². The van der Waals surface area contributed by atoms with E-state index in [0.717, 1.165) is 16.7 Å². The van der Waals surface area contributed by atoms with Crippen LogP contribution in [0.3, 0.4) is 0 Å². The number of methoxy groups -OCH3 is 2. The number of ether oxygens (including phenoxy) is 3. The van der Waals surface area contributed by atoms with Crippen LogP contribution in [0.25, 0.3) is 0 Å². The third-order valence-corrected chi connectivity index (χ3v) is 5.10. The predicted octanol–water partition coefficient (Wildman–Crippen LogP) is 4.47. The van der Waals surface area contributed by atoms with Crippen molar-refractivity contribution in [2.45, 2.75) is 27.0 Å². The van der Waals surface area contributed by atoms with Crippen molar-refractivity contribution in [3.05, 3.63) is 69.6 Å². The monoisotopic (exact) mass is 430 g/mol. The number of benzene rings is 2. The van der Waals surface area contributed by atoms with Crippen LogP contribution in [0.1, 0.15) is 32.9 Å². The van der Waals surface area contributed by atoms with Crippen LogP contribution >= 0.6 is 11.6 Å². The number of nitrogens with one attached hydrogen (secondary N) is 1. The van der Waals surface area contributed by atoms with Gasteiger partial charge in [-0.2, -0.15) is 0 Å². The topological polar surface area (TPSA) is 82.8 Å². The molecule has 0 unspecified atom stereocenters. The van der Waals surface area contributed by atoms with Gasteiger partial charge in [-0.3, -0.25) is 4.79 Å². The number of aryl methyl sites for hydroxylation is 2. The van der Waals surface area contributed by atoms with Gasteiger partial charge in [0.05, 0.1) is 14.2 Å². The van der Waals surface area contributed by atoms with E-state index in [1.165, 1.54) is 0 Å². The van der Waals surface area contributed by atoms with E-state index >= 15 is 0 Å². The van der Waals surface area contributed by atoms with E-state index in [9.17, 15) is 4.79 Å². The Balaban J connectivity index is 1.60. The van der Waals surface area contributed by atoms with E-state index in [1.54, 1.807) is 26.4 Å². The fourth-order valence-corrected chi connectivity index (χ4v) is 3.10. The lowest BCUT2D eigenvalue weighted by atomic mass is 10.1. The molecule has 0 saturated carbocycles. The van der Waals surface area contributed by atoms with E-state index in [0.29, 0.717) is 28.0 Å². The quantitative estimate of drug-likeness (QED) is 0.567. The summed E-state index contributed by atoms with van der Waals surface area (Å²) >= 11 is 6.17. The second-order valence-corrected chi connectivity index (χ2v) is 7.05. The third-order valence-electron chi connectivity index (χ3n) is 4.51. The smallest absolute Gasteiger partial charge is 0.273 e. The summed E-state index contributed by atoms with van der Waals surface area (Å²) in [6.07, 6.45) is 0. The molecule has 0 aliphatic rings. The number of aromatic nitrogens is 1. The Morgan fingerprint density at radius 2 is 1.87 bits per heavy atom. The summed E-state index contributed by atoms with van der Waals surface area (Å²) in [7, 11) is 3.11. The zero-order valence-corrected chi connectivity index (χ0v) is 18.0. The SMILES string of the molecule is COc1cccc(CNC(=O)c2cc(COc3cc(C)c(Cl)c(C)c3)on2)c1OC. The van der Waals surface area contributed by atoms with Crippen LogP contribution in [0.4, 0.5) is 0 Å². The molecule has 1 heterocycles. The normalized spacial score (nSPS) is 10.6. The molecular weight excluding hydrogens is 408 g/mol. The molecule has 1 amide bonds. The molecular formula is C22H23ClN2O5. The first-order chi connectivity index (χ1) is 14.4. The summed E-state index contributed by atoms with van der Waals surface area (Å²) in [5.41, 5.74) is 2.80. The fourth-order valence-electron chi connectivity index (χ4n) is 2.99. The number of carbonyl (C=O) groups is 1. The molecule has 0 radical (unpaired) electrons. The number of para-hydroxylation sites is 1. The lowest BCUT2D eigenvalue weighted by Crippen LogP contribution is -2.23. The molecule has 30 heavy (non-hydrogen) atoms. The van der Waals surface area contributed by atoms with E-state index in [-0.39, 0.29) is 24.8 Å². The number of nitrogens with zero attached hydrogens (tertiary/aromatic N) is 1. The molecule has 7 nitrogen and oxygen atoms in total. The number of rotatable bonds is 8. The average Bonchev–Trinajstić information content (AvgIpc) is 3.23. The van der Waals surface area contributed by atoms with Crippen molar-refractivity contribution in [2.75, 3.05) is 14.2 Å². The maximum Gasteiger partial charge on any atom is 0.273 e. The van der Waals surface area contributed by atoms with Crippen LogP contribution in [0.15, 0.2) is 40.9 Å². The fraction of sp³-hybridized carbons (Fsp3) is 0.273. The van der Waals surface area contributed by atoms with Gasteiger partial charge in [-0.05, 0) is 43.2 Å². The molecule has 0 aliphatic heterocycles. The molecule has 158 valence electrons. The van der Waals surface area contributed by atoms with Crippen LogP contribution < -0.4 is 19.5 Å². The van der Waals surface area contributed by atoms with Crippen molar-refractivity contribution >= 4 is 17.5 Å². The lowest BCUT2D eigenvalue weighted by Gasteiger charge is -2.12. The largest absolute Gasteiger partial charge is 0.493 e. The molecule has 0 atom stereocenters. The number of amides is 1. The maximum atomic E-state index is 12.4. The first-order valence-corrected chi connectivity index (χ1v) is 9.64. The Labute approximate surface area is 179 Å². The molecule has 8 heteroatoms. The van der Waals surface area contributed by atoms with Crippen molar-refractivity contribution in [3.8, 4) is 17.2 Å². The minimum atomic E-state index is -0.368. The van der Waals surface area contributed by atoms with Crippen molar-refractivity contribution < 1.29 is 23.5 Å². The van der Waals surface area contributed by atoms with E-state index in [4.69, 9.17) is 30.3 Å². The highest BCUT2D eigenvalue weighted by molar-refractivity contribution is 6.32. The van der Waals surface area contributed by atoms with Gasteiger partial charge >= 0.3 is 0 Å². The van der Waals surface area contributed by atoms with Gasteiger partial charge in [0.2, 0.25) is 0 Å². The van der Waals surface area contributed by atoms with E-state index in [2.05, 4.69) is 10.5 Å². The first kappa shape index (κ1) is 21.5. The molecule has 0 aliphatic carbocycles. The van der Waals surface area contributed by atoms with E-state index in [1.807, 2.05) is 38.1 Å². The van der Waals surface area contributed by atoms with Gasteiger partial charge in [0.25, 0.3) is 5.91 Å². The number of hydrogen-bond acceptors (Lipinski definition) is 6. The number of halogens is 1. The zero-order chi connectivity index (χ0) is 21.7. The summed E-state index contributed by atoms with van der Waals surface area (Å²) in [5, 5.41) is 7.34.